The van der Waals surface area contributed by atoms with E-state index in [4.69, 9.17) is 0 Å². The zero-order chi connectivity index (χ0) is 23.9. The molecule has 9 heteroatoms. The monoisotopic (exact) mass is 466 g/mol. The van der Waals surface area contributed by atoms with Gasteiger partial charge in [-0.1, -0.05) is 36.4 Å². The third kappa shape index (κ3) is 3.43. The highest BCUT2D eigenvalue weighted by atomic mass is 16.2. The fraction of sp³-hybridized carbons (Fsp3) is 0.192. The third-order valence-corrected chi connectivity index (χ3v) is 6.51. The lowest BCUT2D eigenvalue weighted by atomic mass is 10.0. The van der Waals surface area contributed by atoms with Crippen molar-refractivity contribution in [3.63, 3.8) is 0 Å². The summed E-state index contributed by atoms with van der Waals surface area (Å²) >= 11 is 0. The summed E-state index contributed by atoms with van der Waals surface area (Å²) in [6.45, 7) is 0.607. The van der Waals surface area contributed by atoms with Crippen LogP contribution in [0.25, 0.3) is 5.65 Å². The maximum Gasteiger partial charge on any atom is 0.260 e. The number of nitrogens with zero attached hydrogens (tertiary/aromatic N) is 5. The highest BCUT2D eigenvalue weighted by Gasteiger charge is 2.47. The average Bonchev–Trinajstić information content (AvgIpc) is 3.44. The summed E-state index contributed by atoms with van der Waals surface area (Å²) in [5.41, 5.74) is 3.25. The quantitative estimate of drug-likeness (QED) is 0.471. The molecule has 6 rings (SSSR count). The van der Waals surface area contributed by atoms with Crippen LogP contribution in [-0.4, -0.2) is 43.8 Å². The van der Waals surface area contributed by atoms with Crippen molar-refractivity contribution in [3.8, 4) is 0 Å². The van der Waals surface area contributed by atoms with Crippen LogP contribution in [0.3, 0.4) is 0 Å². The van der Waals surface area contributed by atoms with Crippen LogP contribution in [0.2, 0.25) is 0 Å². The topological polar surface area (TPSA) is 99.9 Å². The molecule has 2 aliphatic rings. The second-order valence-electron chi connectivity index (χ2n) is 8.58. The molecule has 0 fully saturated rings. The van der Waals surface area contributed by atoms with Crippen LogP contribution in [0, 0.1) is 0 Å². The molecule has 4 aromatic rings. The van der Waals surface area contributed by atoms with Crippen molar-refractivity contribution in [1.29, 1.82) is 0 Å². The molecule has 1 atom stereocenters. The number of rotatable bonds is 6. The molecule has 2 aromatic heterocycles. The lowest BCUT2D eigenvalue weighted by Gasteiger charge is -2.41. The summed E-state index contributed by atoms with van der Waals surface area (Å²) in [4.78, 5) is 42.6. The number of carbonyl (C=O) groups excluding carboxylic acids is 3. The van der Waals surface area contributed by atoms with Crippen molar-refractivity contribution in [2.75, 3.05) is 11.4 Å². The normalized spacial score (nSPS) is 16.3. The zero-order valence-electron chi connectivity index (χ0n) is 18.8. The van der Waals surface area contributed by atoms with Crippen molar-refractivity contribution in [1.82, 2.24) is 24.8 Å². The number of pyridine rings is 1. The van der Waals surface area contributed by atoms with Gasteiger partial charge in [0.1, 0.15) is 6.17 Å². The third-order valence-electron chi connectivity index (χ3n) is 6.51. The number of aromatic nitrogens is 3. The van der Waals surface area contributed by atoms with Crippen LogP contribution in [0.4, 0.5) is 5.69 Å². The van der Waals surface area contributed by atoms with E-state index < -0.39 is 6.17 Å². The van der Waals surface area contributed by atoms with Crippen LogP contribution in [0.15, 0.2) is 72.9 Å². The van der Waals surface area contributed by atoms with Gasteiger partial charge in [0.2, 0.25) is 5.91 Å². The Labute approximate surface area is 201 Å². The van der Waals surface area contributed by atoms with Gasteiger partial charge in [0.05, 0.1) is 17.8 Å². The Morgan fingerprint density at radius 1 is 0.886 bits per heavy atom. The molecule has 0 saturated heterocycles. The van der Waals surface area contributed by atoms with Gasteiger partial charge in [-0.15, -0.1) is 10.2 Å². The smallest absolute Gasteiger partial charge is 0.260 e. The number of para-hydroxylation sites is 1. The predicted octanol–water partition coefficient (Wildman–Crippen LogP) is 2.94. The fourth-order valence-corrected chi connectivity index (χ4v) is 4.89. The van der Waals surface area contributed by atoms with E-state index in [0.29, 0.717) is 35.6 Å². The Bertz CT molecular complexity index is 1480. The summed E-state index contributed by atoms with van der Waals surface area (Å²) in [5, 5.41) is 11.1. The number of amides is 3. The number of anilines is 1. The average molecular weight is 467 g/mol. The van der Waals surface area contributed by atoms with Gasteiger partial charge in [-0.05, 0) is 36.8 Å². The molecule has 1 N–H and O–H groups in total. The highest BCUT2D eigenvalue weighted by molar-refractivity contribution is 6.16. The second-order valence-corrected chi connectivity index (χ2v) is 8.58. The Balaban J connectivity index is 1.17. The number of carbonyl (C=O) groups is 3. The van der Waals surface area contributed by atoms with E-state index in [2.05, 4.69) is 15.5 Å². The molecular weight excluding hydrogens is 444 g/mol. The minimum atomic E-state index is -0.508. The van der Waals surface area contributed by atoms with Crippen LogP contribution in [-0.2, 0) is 11.3 Å². The Morgan fingerprint density at radius 2 is 1.66 bits per heavy atom. The fourth-order valence-electron chi connectivity index (χ4n) is 4.89. The first-order valence-electron chi connectivity index (χ1n) is 11.5. The van der Waals surface area contributed by atoms with Crippen molar-refractivity contribution in [3.05, 3.63) is 95.4 Å². The second kappa shape index (κ2) is 8.35. The first-order valence-corrected chi connectivity index (χ1v) is 11.5. The van der Waals surface area contributed by atoms with E-state index in [9.17, 15) is 14.4 Å². The van der Waals surface area contributed by atoms with Gasteiger partial charge in [0.15, 0.2) is 11.5 Å². The van der Waals surface area contributed by atoms with Crippen LogP contribution in [0.1, 0.15) is 51.1 Å². The maximum absolute atomic E-state index is 13.4. The van der Waals surface area contributed by atoms with Gasteiger partial charge in [-0.3, -0.25) is 23.7 Å². The molecule has 0 bridgehead atoms. The molecule has 0 aliphatic carbocycles. The van der Waals surface area contributed by atoms with Gasteiger partial charge in [0.25, 0.3) is 11.8 Å². The Hall–Kier alpha value is -4.53. The molecule has 0 saturated carbocycles. The van der Waals surface area contributed by atoms with Crippen molar-refractivity contribution in [2.45, 2.75) is 25.6 Å². The number of hydrogen-bond donors (Lipinski definition) is 1. The first kappa shape index (κ1) is 21.0. The van der Waals surface area contributed by atoms with Gasteiger partial charge >= 0.3 is 0 Å². The molecule has 1 unspecified atom stereocenters. The highest BCUT2D eigenvalue weighted by Crippen LogP contribution is 2.45. The molecule has 0 spiro atoms. The predicted molar refractivity (Wildman–Crippen MR) is 128 cm³/mol. The number of hydrogen-bond acceptors (Lipinski definition) is 5. The molecule has 9 nitrogen and oxygen atoms in total. The molecule has 2 aliphatic heterocycles. The number of fused-ring (bicyclic) bond motifs is 6. The Kier molecular flexibility index (Phi) is 5.02. The van der Waals surface area contributed by atoms with Crippen LogP contribution < -0.4 is 10.2 Å². The lowest BCUT2D eigenvalue weighted by Crippen LogP contribution is -2.48. The summed E-state index contributed by atoms with van der Waals surface area (Å²) in [6.07, 6.45) is 2.04. The Morgan fingerprint density at radius 3 is 2.54 bits per heavy atom. The van der Waals surface area contributed by atoms with E-state index in [1.807, 2.05) is 59.1 Å². The van der Waals surface area contributed by atoms with E-state index in [1.54, 1.807) is 28.0 Å². The van der Waals surface area contributed by atoms with E-state index in [1.165, 1.54) is 0 Å². The van der Waals surface area contributed by atoms with Gasteiger partial charge in [-0.2, -0.15) is 0 Å². The van der Waals surface area contributed by atoms with Crippen LogP contribution >= 0.6 is 0 Å². The van der Waals surface area contributed by atoms with Crippen molar-refractivity contribution >= 4 is 29.1 Å². The molecular formula is C26H22N6O3. The minimum Gasteiger partial charge on any atom is -0.349 e. The van der Waals surface area contributed by atoms with Gasteiger partial charge < -0.3 is 10.2 Å². The molecule has 2 aromatic carbocycles. The molecule has 3 amide bonds. The zero-order valence-corrected chi connectivity index (χ0v) is 18.8. The largest absolute Gasteiger partial charge is 0.349 e. The van der Waals surface area contributed by atoms with Crippen LogP contribution in [0.5, 0.6) is 0 Å². The number of benzene rings is 2. The molecule has 4 heterocycles. The summed E-state index contributed by atoms with van der Waals surface area (Å²) in [6, 6.07) is 20.2. The molecule has 174 valence electrons. The first-order chi connectivity index (χ1) is 17.1. The van der Waals surface area contributed by atoms with E-state index in [-0.39, 0.29) is 30.7 Å². The van der Waals surface area contributed by atoms with Gasteiger partial charge in [-0.25, -0.2) is 0 Å². The maximum atomic E-state index is 13.4. The van der Waals surface area contributed by atoms with Crippen molar-refractivity contribution < 1.29 is 14.4 Å². The van der Waals surface area contributed by atoms with Crippen molar-refractivity contribution in [2.24, 2.45) is 0 Å². The van der Waals surface area contributed by atoms with E-state index >= 15 is 0 Å². The van der Waals surface area contributed by atoms with E-state index in [0.717, 1.165) is 11.2 Å². The lowest BCUT2D eigenvalue weighted by molar-refractivity contribution is -0.121. The van der Waals surface area contributed by atoms with Gasteiger partial charge in [0, 0.05) is 30.3 Å². The standard InChI is InChI=1S/C26H22N6O3/c33-23(27-16-22-29-28-21-12-5-6-14-30(21)22)13-7-15-31-24-17-8-1-2-9-18(17)26(35)32(24)20-11-4-3-10-19(20)25(31)34/h1-6,8-12,14,24H,7,13,15-16H2,(H,27,33). The molecule has 0 radical (unpaired) electrons. The number of nitrogens with one attached hydrogen (secondary N) is 1. The summed E-state index contributed by atoms with van der Waals surface area (Å²) < 4.78 is 1.83. The summed E-state index contributed by atoms with van der Waals surface area (Å²) in [7, 11) is 0. The molecule has 35 heavy (non-hydrogen) atoms. The summed E-state index contributed by atoms with van der Waals surface area (Å²) in [5.74, 6) is 0.256. The minimum absolute atomic E-state index is 0.117. The SMILES string of the molecule is O=C(CCCN1C(=O)c2ccccc2N2C(=O)c3ccccc3C12)NCc1nnc2ccccn12.